The van der Waals surface area contributed by atoms with E-state index >= 15 is 0 Å². The summed E-state index contributed by atoms with van der Waals surface area (Å²) in [4.78, 5) is 19.4. The van der Waals surface area contributed by atoms with E-state index in [1.807, 2.05) is 0 Å². The van der Waals surface area contributed by atoms with Crippen LogP contribution < -0.4 is 10.6 Å². The molecule has 11 heteroatoms. The highest BCUT2D eigenvalue weighted by Gasteiger charge is 2.44. The topological polar surface area (TPSA) is 117 Å². The van der Waals surface area contributed by atoms with Crippen LogP contribution in [0.15, 0.2) is 12.4 Å². The molecule has 3 fully saturated rings. The molecule has 166 valence electrons. The summed E-state index contributed by atoms with van der Waals surface area (Å²) in [5.41, 5.74) is -1.17. The van der Waals surface area contributed by atoms with Crippen molar-refractivity contribution in [2.45, 2.75) is 56.2 Å². The summed E-state index contributed by atoms with van der Waals surface area (Å²) in [6.07, 6.45) is -2.14. The number of alkyl halides is 3. The molecule has 1 saturated heterocycles. The van der Waals surface area contributed by atoms with Crippen LogP contribution in [0, 0.1) is 17.8 Å². The van der Waals surface area contributed by atoms with Gasteiger partial charge in [0.05, 0.1) is 25.0 Å². The number of amides is 1. The average Bonchev–Trinajstić information content (AvgIpc) is 3.34. The quantitative estimate of drug-likeness (QED) is 0.550. The minimum absolute atomic E-state index is 0.00306. The number of ether oxygens (including phenoxy) is 1. The Morgan fingerprint density at radius 3 is 2.67 bits per heavy atom. The Kier molecular flexibility index (Phi) is 5.86. The molecule has 2 bridgehead atoms. The molecule has 8 nitrogen and oxygen atoms in total. The maximum absolute atomic E-state index is 12.8. The fourth-order valence-electron chi connectivity index (χ4n) is 4.85. The number of aliphatic hydroxyl groups excluding tert-OH is 2. The Balaban J connectivity index is 1.30. The van der Waals surface area contributed by atoms with Gasteiger partial charge in [0.15, 0.2) is 5.69 Å². The van der Waals surface area contributed by atoms with Crippen molar-refractivity contribution in [2.24, 2.45) is 17.8 Å². The minimum atomic E-state index is -4.64. The number of aliphatic hydroxyl groups is 2. The Morgan fingerprint density at radius 2 is 2.00 bits per heavy atom. The molecule has 3 aliphatic rings. The lowest BCUT2D eigenvalue weighted by Gasteiger charge is -2.38. The molecule has 7 atom stereocenters. The largest absolute Gasteiger partial charge is 0.434 e. The summed E-state index contributed by atoms with van der Waals surface area (Å²) >= 11 is 0. The van der Waals surface area contributed by atoms with Gasteiger partial charge < -0.3 is 25.6 Å². The third kappa shape index (κ3) is 4.37. The van der Waals surface area contributed by atoms with Gasteiger partial charge in [0.2, 0.25) is 5.91 Å². The van der Waals surface area contributed by atoms with Gasteiger partial charge in [0, 0.05) is 12.5 Å². The minimum Gasteiger partial charge on any atom is -0.388 e. The first kappa shape index (κ1) is 21.3. The number of carbonyl (C=O) groups is 1. The molecule has 0 aromatic carbocycles. The maximum Gasteiger partial charge on any atom is 0.434 e. The van der Waals surface area contributed by atoms with Crippen LogP contribution in [0.25, 0.3) is 0 Å². The number of nitrogens with zero attached hydrogens (tertiary/aromatic N) is 2. The standard InChI is InChI=1S/C19H25F3N4O4/c20-19(21,22)14-6-23-7-15(26-14)25-12-8-30-13(17(28)16(12)27)5-24-18(29)11-4-9-1-2-10(11)3-9/h6-7,9-13,16-17,27-28H,1-5,8H2,(H,24,29)(H,25,26)/t9?,10?,11?,12-,13+,16+,17-/m0/s1. The van der Waals surface area contributed by atoms with E-state index in [4.69, 9.17) is 4.74 Å². The van der Waals surface area contributed by atoms with E-state index in [1.165, 1.54) is 6.42 Å². The molecule has 30 heavy (non-hydrogen) atoms. The first-order valence-corrected chi connectivity index (χ1v) is 10.1. The maximum atomic E-state index is 12.8. The zero-order valence-corrected chi connectivity index (χ0v) is 16.2. The molecule has 2 saturated carbocycles. The smallest absolute Gasteiger partial charge is 0.388 e. The number of hydrogen-bond acceptors (Lipinski definition) is 7. The first-order valence-electron chi connectivity index (χ1n) is 10.1. The Bertz CT molecular complexity index is 780. The number of hydrogen-bond donors (Lipinski definition) is 4. The van der Waals surface area contributed by atoms with Gasteiger partial charge in [-0.3, -0.25) is 9.78 Å². The van der Waals surface area contributed by atoms with Crippen LogP contribution in [0.4, 0.5) is 19.0 Å². The first-order chi connectivity index (χ1) is 14.2. The zero-order valence-electron chi connectivity index (χ0n) is 16.2. The van der Waals surface area contributed by atoms with Crippen LogP contribution in [0.2, 0.25) is 0 Å². The summed E-state index contributed by atoms with van der Waals surface area (Å²) in [6.45, 7) is -0.0220. The van der Waals surface area contributed by atoms with Crippen molar-refractivity contribution in [3.63, 3.8) is 0 Å². The van der Waals surface area contributed by atoms with Crippen LogP contribution >= 0.6 is 0 Å². The normalized spacial score (nSPS) is 36.0. The Hall–Kier alpha value is -1.98. The van der Waals surface area contributed by atoms with Crippen molar-refractivity contribution in [3.8, 4) is 0 Å². The van der Waals surface area contributed by atoms with E-state index < -0.39 is 36.2 Å². The monoisotopic (exact) mass is 430 g/mol. The molecule has 2 heterocycles. The van der Waals surface area contributed by atoms with Gasteiger partial charge in [-0.15, -0.1) is 0 Å². The molecule has 2 aliphatic carbocycles. The van der Waals surface area contributed by atoms with Gasteiger partial charge in [-0.05, 0) is 31.1 Å². The molecule has 4 N–H and O–H groups in total. The molecular weight excluding hydrogens is 405 g/mol. The third-order valence-electron chi connectivity index (χ3n) is 6.44. The summed E-state index contributed by atoms with van der Waals surface area (Å²) < 4.78 is 43.9. The summed E-state index contributed by atoms with van der Waals surface area (Å²) in [7, 11) is 0. The van der Waals surface area contributed by atoms with Gasteiger partial charge in [0.25, 0.3) is 0 Å². The van der Waals surface area contributed by atoms with Gasteiger partial charge in [-0.25, -0.2) is 4.98 Å². The van der Waals surface area contributed by atoms with Crippen LogP contribution in [-0.4, -0.2) is 63.6 Å². The predicted molar refractivity (Wildman–Crippen MR) is 98.1 cm³/mol. The van der Waals surface area contributed by atoms with Crippen molar-refractivity contribution in [1.29, 1.82) is 0 Å². The zero-order chi connectivity index (χ0) is 21.5. The molecule has 1 aliphatic heterocycles. The second kappa shape index (κ2) is 8.27. The summed E-state index contributed by atoms with van der Waals surface area (Å²) in [5.74, 6) is 0.831. The summed E-state index contributed by atoms with van der Waals surface area (Å²) in [5, 5.41) is 26.2. The molecule has 3 unspecified atom stereocenters. The van der Waals surface area contributed by atoms with E-state index in [1.54, 1.807) is 0 Å². The lowest BCUT2D eigenvalue weighted by molar-refractivity contribution is -0.144. The van der Waals surface area contributed by atoms with Gasteiger partial charge >= 0.3 is 6.18 Å². The number of carbonyl (C=O) groups excluding carboxylic acids is 1. The van der Waals surface area contributed by atoms with Crippen molar-refractivity contribution in [1.82, 2.24) is 15.3 Å². The van der Waals surface area contributed by atoms with E-state index in [0.717, 1.165) is 25.5 Å². The number of halogens is 3. The highest BCUT2D eigenvalue weighted by Crippen LogP contribution is 2.48. The van der Waals surface area contributed by atoms with Crippen molar-refractivity contribution in [2.75, 3.05) is 18.5 Å². The van der Waals surface area contributed by atoms with E-state index in [2.05, 4.69) is 20.6 Å². The predicted octanol–water partition coefficient (Wildman–Crippen LogP) is 0.949. The number of fused-ring (bicyclic) bond motifs is 2. The van der Waals surface area contributed by atoms with Gasteiger partial charge in [-0.2, -0.15) is 13.2 Å². The lowest BCUT2D eigenvalue weighted by Crippen LogP contribution is -2.58. The molecule has 4 rings (SSSR count). The molecule has 1 aromatic heterocycles. The van der Waals surface area contributed by atoms with E-state index in [-0.39, 0.29) is 30.8 Å². The molecule has 1 aromatic rings. The van der Waals surface area contributed by atoms with Gasteiger partial charge in [0.1, 0.15) is 24.1 Å². The SMILES string of the molecule is O=C(NC[C@H]1OC[C@H](Nc2cncc(C(F)(F)F)n2)[C@@H](O)[C@H]1O)C1CC2CCC1C2. The lowest BCUT2D eigenvalue weighted by atomic mass is 9.88. The number of rotatable bonds is 5. The van der Waals surface area contributed by atoms with Crippen LogP contribution in [-0.2, 0) is 15.7 Å². The molecule has 1 amide bonds. The van der Waals surface area contributed by atoms with Crippen LogP contribution in [0.5, 0.6) is 0 Å². The Labute approximate surface area is 171 Å². The second-order valence-electron chi connectivity index (χ2n) is 8.42. The molecular formula is C19H25F3N4O4. The second-order valence-corrected chi connectivity index (χ2v) is 8.42. The van der Waals surface area contributed by atoms with Crippen molar-refractivity contribution in [3.05, 3.63) is 18.1 Å². The van der Waals surface area contributed by atoms with Crippen LogP contribution in [0.1, 0.15) is 31.4 Å². The van der Waals surface area contributed by atoms with Crippen molar-refractivity contribution < 1.29 is 32.9 Å². The number of anilines is 1. The highest BCUT2D eigenvalue weighted by molar-refractivity contribution is 5.79. The fraction of sp³-hybridized carbons (Fsp3) is 0.737. The molecule has 0 radical (unpaired) electrons. The highest BCUT2D eigenvalue weighted by atomic mass is 19.4. The third-order valence-corrected chi connectivity index (χ3v) is 6.44. The Morgan fingerprint density at radius 1 is 1.20 bits per heavy atom. The fourth-order valence-corrected chi connectivity index (χ4v) is 4.85. The average molecular weight is 430 g/mol. The van der Waals surface area contributed by atoms with E-state index in [9.17, 15) is 28.2 Å². The van der Waals surface area contributed by atoms with Crippen LogP contribution in [0.3, 0.4) is 0 Å². The van der Waals surface area contributed by atoms with Gasteiger partial charge in [-0.1, -0.05) is 6.42 Å². The number of aromatic nitrogens is 2. The molecule has 0 spiro atoms. The number of nitrogens with one attached hydrogen (secondary N) is 2. The van der Waals surface area contributed by atoms with E-state index in [0.29, 0.717) is 18.0 Å². The summed E-state index contributed by atoms with van der Waals surface area (Å²) in [6, 6.07) is -0.879. The van der Waals surface area contributed by atoms with Crippen molar-refractivity contribution >= 4 is 11.7 Å².